The van der Waals surface area contributed by atoms with Gasteiger partial charge in [0.05, 0.1) is 12.2 Å². The van der Waals surface area contributed by atoms with E-state index in [0.717, 1.165) is 11.3 Å². The van der Waals surface area contributed by atoms with Crippen LogP contribution in [0.1, 0.15) is 16.8 Å². The van der Waals surface area contributed by atoms with Crippen LogP contribution in [-0.2, 0) is 24.3 Å². The van der Waals surface area contributed by atoms with Crippen LogP contribution in [0, 0.1) is 5.82 Å². The van der Waals surface area contributed by atoms with Crippen LogP contribution < -0.4 is 15.4 Å². The third kappa shape index (κ3) is 5.18. The fourth-order valence-corrected chi connectivity index (χ4v) is 3.99. The number of carbonyl (C=O) groups is 2. The molecule has 0 fully saturated rings. The number of benzene rings is 2. The number of nitrogens with one attached hydrogen (secondary N) is 2. The molecule has 2 aromatic carbocycles. The number of ether oxygens (including phenoxy) is 1. The quantitative estimate of drug-likeness (QED) is 0.614. The van der Waals surface area contributed by atoms with Crippen LogP contribution >= 0.6 is 11.3 Å². The van der Waals surface area contributed by atoms with Crippen molar-refractivity contribution in [3.8, 4) is 5.75 Å². The highest BCUT2D eigenvalue weighted by atomic mass is 32.1. The minimum atomic E-state index is -0.535. The average molecular weight is 441 g/mol. The molecule has 2 N–H and O–H groups in total. The first-order valence-electron chi connectivity index (χ1n) is 9.71. The highest BCUT2D eigenvalue weighted by Crippen LogP contribution is 2.29. The Balaban J connectivity index is 1.26. The first-order chi connectivity index (χ1) is 15.0. The van der Waals surface area contributed by atoms with E-state index in [1.165, 1.54) is 23.5 Å². The summed E-state index contributed by atoms with van der Waals surface area (Å²) < 4.78 is 19.0. The van der Waals surface area contributed by atoms with Gasteiger partial charge in [0.25, 0.3) is 5.91 Å². The van der Waals surface area contributed by atoms with Crippen LogP contribution in [-0.4, -0.2) is 35.0 Å². The lowest BCUT2D eigenvalue weighted by atomic mass is 10.1. The lowest BCUT2D eigenvalue weighted by Gasteiger charge is -2.19. The number of thiazole rings is 1. The number of likely N-dealkylation sites (N-methyl/N-ethyl adjacent to an activating group) is 1. The van der Waals surface area contributed by atoms with E-state index in [4.69, 9.17) is 4.74 Å². The van der Waals surface area contributed by atoms with E-state index in [9.17, 15) is 14.0 Å². The van der Waals surface area contributed by atoms with Gasteiger partial charge in [-0.25, -0.2) is 14.2 Å². The van der Waals surface area contributed by atoms with Gasteiger partial charge in [-0.2, -0.15) is 0 Å². The van der Waals surface area contributed by atoms with Gasteiger partial charge in [-0.15, -0.1) is 11.3 Å². The zero-order chi connectivity index (χ0) is 21.8. The predicted molar refractivity (Wildman–Crippen MR) is 115 cm³/mol. The molecule has 0 saturated heterocycles. The number of nitrogens with zero attached hydrogens (tertiary/aromatic N) is 2. The highest BCUT2D eigenvalue weighted by Gasteiger charge is 2.31. The minimum Gasteiger partial charge on any atom is -0.480 e. The zero-order valence-electron chi connectivity index (χ0n) is 16.8. The summed E-state index contributed by atoms with van der Waals surface area (Å²) in [6, 6.07) is 13.2. The molecule has 1 aliphatic heterocycles. The van der Waals surface area contributed by atoms with Crippen molar-refractivity contribution in [3.63, 3.8) is 0 Å². The molecule has 0 saturated carbocycles. The number of rotatable bonds is 6. The number of carbonyl (C=O) groups excluding carboxylic acids is 2. The summed E-state index contributed by atoms with van der Waals surface area (Å²) in [5.41, 5.74) is 2.35. The molecule has 160 valence electrons. The molecular weight excluding hydrogens is 419 g/mol. The Bertz CT molecular complexity index is 1080. The molecule has 1 aliphatic rings. The Morgan fingerprint density at radius 1 is 1.26 bits per heavy atom. The average Bonchev–Trinajstić information content (AvgIpc) is 3.38. The van der Waals surface area contributed by atoms with Gasteiger partial charge in [-0.05, 0) is 29.3 Å². The second-order valence-electron chi connectivity index (χ2n) is 7.19. The molecule has 9 heteroatoms. The van der Waals surface area contributed by atoms with Crippen molar-refractivity contribution in [1.82, 2.24) is 15.2 Å². The topological polar surface area (TPSA) is 83.6 Å². The number of aromatic nitrogens is 1. The van der Waals surface area contributed by atoms with Crippen molar-refractivity contribution in [3.05, 3.63) is 76.5 Å². The first-order valence-corrected chi connectivity index (χ1v) is 10.6. The van der Waals surface area contributed by atoms with Gasteiger partial charge in [0.15, 0.2) is 11.2 Å². The molecule has 0 radical (unpaired) electrons. The largest absolute Gasteiger partial charge is 0.480 e. The molecule has 0 bridgehead atoms. The van der Waals surface area contributed by atoms with E-state index in [1.807, 2.05) is 24.3 Å². The number of urea groups is 1. The van der Waals surface area contributed by atoms with Crippen LogP contribution in [0.15, 0.2) is 53.9 Å². The molecule has 1 unspecified atom stereocenters. The minimum absolute atomic E-state index is 0.119. The Morgan fingerprint density at radius 3 is 2.90 bits per heavy atom. The molecule has 0 spiro atoms. The Hall–Kier alpha value is -3.46. The summed E-state index contributed by atoms with van der Waals surface area (Å²) in [5.74, 6) is 0.278. The van der Waals surface area contributed by atoms with Gasteiger partial charge in [0.2, 0.25) is 0 Å². The fourth-order valence-electron chi connectivity index (χ4n) is 3.29. The zero-order valence-corrected chi connectivity index (χ0v) is 17.6. The van der Waals surface area contributed by atoms with Gasteiger partial charge in [-0.1, -0.05) is 30.3 Å². The van der Waals surface area contributed by atoms with Gasteiger partial charge < -0.3 is 15.0 Å². The van der Waals surface area contributed by atoms with Crippen LogP contribution in [0.3, 0.4) is 0 Å². The molecule has 7 nitrogen and oxygen atoms in total. The first kappa shape index (κ1) is 20.8. The second kappa shape index (κ2) is 9.13. The van der Waals surface area contributed by atoms with E-state index in [1.54, 1.807) is 29.5 Å². The van der Waals surface area contributed by atoms with Gasteiger partial charge in [-0.3, -0.25) is 10.1 Å². The molecule has 1 aromatic heterocycles. The maximum absolute atomic E-state index is 13.2. The number of anilines is 1. The summed E-state index contributed by atoms with van der Waals surface area (Å²) in [5, 5.41) is 7.51. The fraction of sp³-hybridized carbons (Fsp3) is 0.227. The maximum Gasteiger partial charge on any atom is 0.321 e. The van der Waals surface area contributed by atoms with Crippen LogP contribution in [0.25, 0.3) is 0 Å². The summed E-state index contributed by atoms with van der Waals surface area (Å²) in [6.45, 7) is 0.501. The lowest BCUT2D eigenvalue weighted by Crippen LogP contribution is -2.38. The summed E-state index contributed by atoms with van der Waals surface area (Å²) >= 11 is 1.27. The maximum atomic E-state index is 13.2. The van der Waals surface area contributed by atoms with Crippen LogP contribution in [0.5, 0.6) is 5.75 Å². The summed E-state index contributed by atoms with van der Waals surface area (Å²) in [6.07, 6.45) is 0.0153. The van der Waals surface area contributed by atoms with E-state index in [-0.39, 0.29) is 18.3 Å². The normalized spacial score (nSPS) is 14.5. The van der Waals surface area contributed by atoms with Gasteiger partial charge in [0.1, 0.15) is 11.6 Å². The number of amides is 3. The van der Waals surface area contributed by atoms with Crippen molar-refractivity contribution >= 4 is 28.4 Å². The standard InChI is InChI=1S/C22H21FN4O3S/c1-27(20(28)19-10-15-6-2-3-8-18(15)30-19)12-17-13-31-22(25-17)26-21(29)24-11-14-5-4-7-16(23)9-14/h2-9,13,19H,10-12H2,1H3,(H2,24,25,26,29). The van der Waals surface area contributed by atoms with Gasteiger partial charge in [0, 0.05) is 25.4 Å². The van der Waals surface area contributed by atoms with E-state index in [0.29, 0.717) is 29.4 Å². The Morgan fingerprint density at radius 2 is 2.10 bits per heavy atom. The van der Waals surface area contributed by atoms with Crippen molar-refractivity contribution < 1.29 is 18.7 Å². The summed E-state index contributed by atoms with van der Waals surface area (Å²) in [7, 11) is 1.70. The van der Waals surface area contributed by atoms with E-state index >= 15 is 0 Å². The number of hydrogen-bond donors (Lipinski definition) is 2. The lowest BCUT2D eigenvalue weighted by molar-refractivity contribution is -0.137. The van der Waals surface area contributed by atoms with Crippen LogP contribution in [0.4, 0.5) is 14.3 Å². The molecule has 1 atom stereocenters. The number of para-hydroxylation sites is 1. The third-order valence-electron chi connectivity index (χ3n) is 4.81. The molecule has 0 aliphatic carbocycles. The SMILES string of the molecule is CN(Cc1csc(NC(=O)NCc2cccc(F)c2)n1)C(=O)C1Cc2ccccc2O1. The number of halogens is 1. The highest BCUT2D eigenvalue weighted by molar-refractivity contribution is 7.13. The monoisotopic (exact) mass is 440 g/mol. The van der Waals surface area contributed by atoms with Crippen LogP contribution in [0.2, 0.25) is 0 Å². The van der Waals surface area contributed by atoms with Crippen molar-refractivity contribution in [2.45, 2.75) is 25.6 Å². The molecule has 31 heavy (non-hydrogen) atoms. The molecular formula is C22H21FN4O3S. The van der Waals surface area contributed by atoms with Crippen molar-refractivity contribution in [2.75, 3.05) is 12.4 Å². The molecule has 4 rings (SSSR count). The second-order valence-corrected chi connectivity index (χ2v) is 8.05. The number of hydrogen-bond acceptors (Lipinski definition) is 5. The molecule has 3 aromatic rings. The van der Waals surface area contributed by atoms with Crippen molar-refractivity contribution in [2.24, 2.45) is 0 Å². The molecule has 3 amide bonds. The summed E-state index contributed by atoms with van der Waals surface area (Å²) in [4.78, 5) is 30.7. The van der Waals surface area contributed by atoms with E-state index in [2.05, 4.69) is 15.6 Å². The third-order valence-corrected chi connectivity index (χ3v) is 5.62. The van der Waals surface area contributed by atoms with Crippen molar-refractivity contribution in [1.29, 1.82) is 0 Å². The van der Waals surface area contributed by atoms with E-state index < -0.39 is 12.1 Å². The number of fused-ring (bicyclic) bond motifs is 1. The van der Waals surface area contributed by atoms with Gasteiger partial charge >= 0.3 is 6.03 Å². The Labute approximate surface area is 182 Å². The Kier molecular flexibility index (Phi) is 6.13. The molecule has 2 heterocycles. The smallest absolute Gasteiger partial charge is 0.321 e. The predicted octanol–water partition coefficient (Wildman–Crippen LogP) is 3.57.